The summed E-state index contributed by atoms with van der Waals surface area (Å²) in [5.74, 6) is -0.126. The predicted octanol–water partition coefficient (Wildman–Crippen LogP) is 3.07. The zero-order valence-corrected chi connectivity index (χ0v) is 24.9. The summed E-state index contributed by atoms with van der Waals surface area (Å²) in [6.45, 7) is 6.87. The molecule has 1 aliphatic rings. The molecule has 2 aromatic carbocycles. The van der Waals surface area contributed by atoms with Crippen molar-refractivity contribution < 1.29 is 38.4 Å². The molecule has 0 bridgehead atoms. The van der Waals surface area contributed by atoms with Gasteiger partial charge in [0.15, 0.2) is 34.4 Å². The van der Waals surface area contributed by atoms with E-state index in [-0.39, 0.29) is 29.6 Å². The van der Waals surface area contributed by atoms with Gasteiger partial charge in [0.25, 0.3) is 5.56 Å². The number of benzene rings is 2. The van der Waals surface area contributed by atoms with E-state index in [1.54, 1.807) is 56.3 Å². The van der Waals surface area contributed by atoms with Gasteiger partial charge in [0.05, 0.1) is 48.8 Å². The maximum Gasteiger partial charge on any atom is 0.341 e. The van der Waals surface area contributed by atoms with Crippen LogP contribution in [0.15, 0.2) is 57.5 Å². The Morgan fingerprint density at radius 2 is 1.76 bits per heavy atom. The molecule has 11 nitrogen and oxygen atoms in total. The number of ether oxygens (including phenoxy) is 5. The third-order valence-electron chi connectivity index (χ3n) is 6.22. The number of rotatable bonds is 11. The summed E-state index contributed by atoms with van der Waals surface area (Å²) < 4.78 is 29.3. The van der Waals surface area contributed by atoms with Crippen LogP contribution in [0.2, 0.25) is 0 Å². The molecule has 1 aromatic heterocycles. The lowest BCUT2D eigenvalue weighted by molar-refractivity contribution is -0.140. The van der Waals surface area contributed by atoms with Gasteiger partial charge in [0.2, 0.25) is 0 Å². The van der Waals surface area contributed by atoms with E-state index in [1.807, 2.05) is 13.8 Å². The Balaban J connectivity index is 1.87. The second kappa shape index (κ2) is 12.9. The first-order valence-electron chi connectivity index (χ1n) is 13.1. The Hall–Kier alpha value is -4.58. The van der Waals surface area contributed by atoms with Crippen LogP contribution < -0.4 is 33.8 Å². The molecule has 0 saturated carbocycles. The van der Waals surface area contributed by atoms with Crippen LogP contribution in [-0.2, 0) is 14.3 Å². The fourth-order valence-corrected chi connectivity index (χ4v) is 5.54. The number of methoxy groups -OCH3 is 2. The highest BCUT2D eigenvalue weighted by Gasteiger charge is 2.34. The summed E-state index contributed by atoms with van der Waals surface area (Å²) in [6, 6.07) is 9.36. The Morgan fingerprint density at radius 1 is 1.07 bits per heavy atom. The van der Waals surface area contributed by atoms with Crippen LogP contribution in [0.4, 0.5) is 0 Å². The molecule has 0 spiro atoms. The van der Waals surface area contributed by atoms with Gasteiger partial charge in [0, 0.05) is 0 Å². The SMILES string of the molecule is CCOC(=O)C1=C(C)N=c2sc(=Cc3ccc(OCC(=O)O)c(OC)c3)c(=O)n2C1c1ccc(OC(C)C)c(OC)c1. The van der Waals surface area contributed by atoms with Gasteiger partial charge in [0.1, 0.15) is 0 Å². The number of carbonyl (C=O) groups is 2. The zero-order valence-electron chi connectivity index (χ0n) is 24.1. The monoisotopic (exact) mass is 596 g/mol. The molecule has 0 radical (unpaired) electrons. The average molecular weight is 597 g/mol. The molecule has 1 unspecified atom stereocenters. The lowest BCUT2D eigenvalue weighted by Crippen LogP contribution is -2.40. The van der Waals surface area contributed by atoms with Crippen LogP contribution in [0, 0.1) is 0 Å². The standard InChI is InChI=1S/C30H32N2O9S/c1-7-39-29(36)26-17(4)31-30-32(27(26)19-9-11-21(41-16(2)3)23(14-19)38-6)28(35)24(42-30)13-18-8-10-20(22(12-18)37-5)40-15-25(33)34/h8-14,16,27H,7,15H2,1-6H3,(H,33,34). The summed E-state index contributed by atoms with van der Waals surface area (Å²) in [4.78, 5) is 43.0. The highest BCUT2D eigenvalue weighted by molar-refractivity contribution is 7.07. The summed E-state index contributed by atoms with van der Waals surface area (Å²) >= 11 is 1.18. The molecule has 1 aliphatic heterocycles. The van der Waals surface area contributed by atoms with Gasteiger partial charge >= 0.3 is 11.9 Å². The first kappa shape index (κ1) is 30.4. The Bertz CT molecular complexity index is 1720. The molecule has 4 rings (SSSR count). The number of nitrogens with zero attached hydrogens (tertiary/aromatic N) is 2. The molecule has 2 heterocycles. The molecular formula is C30H32N2O9S. The topological polar surface area (TPSA) is 135 Å². The Labute approximate surface area is 245 Å². The number of fused-ring (bicyclic) bond motifs is 1. The van der Waals surface area contributed by atoms with Crippen LogP contribution in [-0.4, -0.2) is 55.1 Å². The van der Waals surface area contributed by atoms with E-state index in [1.165, 1.54) is 30.1 Å². The zero-order chi connectivity index (χ0) is 30.6. The summed E-state index contributed by atoms with van der Waals surface area (Å²) in [6.07, 6.45) is 1.59. The Kier molecular flexibility index (Phi) is 9.36. The second-order valence-electron chi connectivity index (χ2n) is 9.47. The molecule has 0 saturated heterocycles. The number of aromatic nitrogens is 1. The number of aliphatic carboxylic acids is 1. The van der Waals surface area contributed by atoms with Gasteiger partial charge in [-0.25, -0.2) is 14.6 Å². The minimum absolute atomic E-state index is 0.0870. The van der Waals surface area contributed by atoms with Crippen molar-refractivity contribution in [1.29, 1.82) is 0 Å². The number of carboxylic acid groups (broad SMARTS) is 1. The van der Waals surface area contributed by atoms with E-state index in [2.05, 4.69) is 4.99 Å². The Morgan fingerprint density at radius 3 is 2.40 bits per heavy atom. The fourth-order valence-electron chi connectivity index (χ4n) is 4.50. The third kappa shape index (κ3) is 6.33. The second-order valence-corrected chi connectivity index (χ2v) is 10.5. The van der Waals surface area contributed by atoms with Gasteiger partial charge in [-0.2, -0.15) is 0 Å². The first-order valence-corrected chi connectivity index (χ1v) is 14.0. The van der Waals surface area contributed by atoms with Crippen LogP contribution in [0.1, 0.15) is 44.9 Å². The highest BCUT2D eigenvalue weighted by atomic mass is 32.1. The number of hydrogen-bond acceptors (Lipinski definition) is 10. The largest absolute Gasteiger partial charge is 0.493 e. The molecule has 42 heavy (non-hydrogen) atoms. The summed E-state index contributed by atoms with van der Waals surface area (Å²) in [5.41, 5.74) is 1.57. The molecule has 1 atom stereocenters. The van der Waals surface area contributed by atoms with E-state index in [0.717, 1.165) is 0 Å². The van der Waals surface area contributed by atoms with Gasteiger partial charge in [-0.3, -0.25) is 9.36 Å². The molecular weight excluding hydrogens is 564 g/mol. The van der Waals surface area contributed by atoms with Crippen LogP contribution in [0.3, 0.4) is 0 Å². The molecule has 0 fully saturated rings. The minimum Gasteiger partial charge on any atom is -0.493 e. The van der Waals surface area contributed by atoms with Gasteiger partial charge in [-0.05, 0) is 69.2 Å². The van der Waals surface area contributed by atoms with Crippen LogP contribution in [0.5, 0.6) is 23.0 Å². The normalized spacial score (nSPS) is 14.7. The third-order valence-corrected chi connectivity index (χ3v) is 7.20. The van der Waals surface area contributed by atoms with E-state index < -0.39 is 24.6 Å². The van der Waals surface area contributed by atoms with E-state index >= 15 is 0 Å². The highest BCUT2D eigenvalue weighted by Crippen LogP contribution is 2.36. The smallest absolute Gasteiger partial charge is 0.341 e. The van der Waals surface area contributed by atoms with Crippen molar-refractivity contribution in [2.24, 2.45) is 4.99 Å². The predicted molar refractivity (Wildman–Crippen MR) is 155 cm³/mol. The van der Waals surface area contributed by atoms with E-state index in [4.69, 9.17) is 28.8 Å². The minimum atomic E-state index is -1.12. The molecule has 1 N–H and O–H groups in total. The fraction of sp³-hybridized carbons (Fsp3) is 0.333. The van der Waals surface area contributed by atoms with Crippen molar-refractivity contribution in [3.63, 3.8) is 0 Å². The lowest BCUT2D eigenvalue weighted by atomic mass is 9.95. The summed E-state index contributed by atoms with van der Waals surface area (Å²) in [7, 11) is 2.96. The lowest BCUT2D eigenvalue weighted by Gasteiger charge is -2.25. The molecule has 3 aromatic rings. The van der Waals surface area contributed by atoms with Gasteiger partial charge in [-0.15, -0.1) is 0 Å². The van der Waals surface area contributed by atoms with E-state index in [9.17, 15) is 14.4 Å². The van der Waals surface area contributed by atoms with Crippen molar-refractivity contribution in [3.8, 4) is 23.0 Å². The maximum absolute atomic E-state index is 13.9. The number of hydrogen-bond donors (Lipinski definition) is 1. The quantitative estimate of drug-likeness (QED) is 0.332. The van der Waals surface area contributed by atoms with Gasteiger partial charge in [-0.1, -0.05) is 23.5 Å². The number of esters is 1. The molecule has 0 aliphatic carbocycles. The van der Waals surface area contributed by atoms with Gasteiger partial charge < -0.3 is 28.8 Å². The number of carbonyl (C=O) groups excluding carboxylic acids is 1. The van der Waals surface area contributed by atoms with Crippen LogP contribution >= 0.6 is 11.3 Å². The summed E-state index contributed by atoms with van der Waals surface area (Å²) in [5, 5.41) is 8.92. The number of thiazole rings is 1. The van der Waals surface area contributed by atoms with Crippen molar-refractivity contribution >= 4 is 29.4 Å². The van der Waals surface area contributed by atoms with Crippen molar-refractivity contribution in [3.05, 3.63) is 78.5 Å². The number of allylic oxidation sites excluding steroid dienone is 1. The molecule has 12 heteroatoms. The van der Waals surface area contributed by atoms with E-state index in [0.29, 0.717) is 43.4 Å². The molecule has 0 amide bonds. The van der Waals surface area contributed by atoms with Crippen molar-refractivity contribution in [2.75, 3.05) is 27.4 Å². The maximum atomic E-state index is 13.9. The van der Waals surface area contributed by atoms with Crippen molar-refractivity contribution in [1.82, 2.24) is 4.57 Å². The first-order chi connectivity index (χ1) is 20.1. The van der Waals surface area contributed by atoms with Crippen molar-refractivity contribution in [2.45, 2.75) is 39.8 Å². The van der Waals surface area contributed by atoms with Crippen LogP contribution in [0.25, 0.3) is 6.08 Å². The average Bonchev–Trinajstić information content (AvgIpc) is 3.25. The molecule has 222 valence electrons. The number of carboxylic acids is 1.